The molecule has 0 spiro atoms. The first-order valence-electron chi connectivity index (χ1n) is 5.67. The molecule has 0 heterocycles. The van der Waals surface area contributed by atoms with Gasteiger partial charge in [-0.3, -0.25) is 4.79 Å². The molecule has 0 amide bonds. The van der Waals surface area contributed by atoms with Crippen LogP contribution in [0.15, 0.2) is 0 Å². The average Bonchev–Trinajstić information content (AvgIpc) is 2.61. The van der Waals surface area contributed by atoms with Gasteiger partial charge >= 0.3 is 5.97 Å². The summed E-state index contributed by atoms with van der Waals surface area (Å²) in [5, 5.41) is 0. The van der Waals surface area contributed by atoms with Gasteiger partial charge in [-0.15, -0.1) is 0 Å². The van der Waals surface area contributed by atoms with Gasteiger partial charge in [0, 0.05) is 12.6 Å². The fourth-order valence-corrected chi connectivity index (χ4v) is 1.84. The molecule has 88 valence electrons. The lowest BCUT2D eigenvalue weighted by Gasteiger charge is -2.16. The van der Waals surface area contributed by atoms with Crippen molar-refractivity contribution in [3.63, 3.8) is 0 Å². The van der Waals surface area contributed by atoms with Crippen molar-refractivity contribution in [1.29, 1.82) is 0 Å². The zero-order chi connectivity index (χ0) is 11.3. The SMILES string of the molecule is CCOCC(C)OC(=O)C1CCC(N)C1. The van der Waals surface area contributed by atoms with Crippen molar-refractivity contribution in [2.75, 3.05) is 13.2 Å². The Balaban J connectivity index is 2.23. The maximum absolute atomic E-state index is 11.6. The largest absolute Gasteiger partial charge is 0.460 e. The van der Waals surface area contributed by atoms with Crippen LogP contribution in [0.3, 0.4) is 0 Å². The van der Waals surface area contributed by atoms with Crippen molar-refractivity contribution < 1.29 is 14.3 Å². The summed E-state index contributed by atoms with van der Waals surface area (Å²) >= 11 is 0. The third-order valence-electron chi connectivity index (χ3n) is 2.68. The van der Waals surface area contributed by atoms with E-state index in [2.05, 4.69) is 0 Å². The summed E-state index contributed by atoms with van der Waals surface area (Å²) in [7, 11) is 0. The van der Waals surface area contributed by atoms with Crippen molar-refractivity contribution in [1.82, 2.24) is 0 Å². The fourth-order valence-electron chi connectivity index (χ4n) is 1.84. The number of nitrogens with two attached hydrogens (primary N) is 1. The molecule has 4 heteroatoms. The molecule has 1 rings (SSSR count). The number of rotatable bonds is 5. The normalized spacial score (nSPS) is 27.7. The van der Waals surface area contributed by atoms with Crippen LogP contribution < -0.4 is 5.73 Å². The minimum atomic E-state index is -0.158. The highest BCUT2D eigenvalue weighted by atomic mass is 16.6. The van der Waals surface area contributed by atoms with Gasteiger partial charge in [0.15, 0.2) is 0 Å². The molecule has 3 unspecified atom stereocenters. The monoisotopic (exact) mass is 215 g/mol. The lowest BCUT2D eigenvalue weighted by atomic mass is 10.1. The highest BCUT2D eigenvalue weighted by Crippen LogP contribution is 2.25. The van der Waals surface area contributed by atoms with E-state index in [-0.39, 0.29) is 24.0 Å². The molecule has 0 bridgehead atoms. The molecule has 0 radical (unpaired) electrons. The maximum atomic E-state index is 11.6. The van der Waals surface area contributed by atoms with Crippen LogP contribution >= 0.6 is 0 Å². The number of carbonyl (C=O) groups is 1. The Kier molecular flexibility index (Phi) is 5.05. The first-order valence-corrected chi connectivity index (χ1v) is 5.67. The molecular weight excluding hydrogens is 194 g/mol. The topological polar surface area (TPSA) is 61.5 Å². The average molecular weight is 215 g/mol. The number of ether oxygens (including phenoxy) is 2. The Morgan fingerprint density at radius 2 is 2.27 bits per heavy atom. The van der Waals surface area contributed by atoms with Gasteiger partial charge in [-0.25, -0.2) is 0 Å². The molecule has 1 aliphatic carbocycles. The van der Waals surface area contributed by atoms with Crippen molar-refractivity contribution in [3.05, 3.63) is 0 Å². The second-order valence-corrected chi connectivity index (χ2v) is 4.18. The van der Waals surface area contributed by atoms with Gasteiger partial charge in [-0.2, -0.15) is 0 Å². The molecule has 0 aromatic heterocycles. The standard InChI is InChI=1S/C11H21NO3/c1-3-14-7-8(2)15-11(13)9-4-5-10(12)6-9/h8-10H,3-7,12H2,1-2H3. The van der Waals surface area contributed by atoms with E-state index < -0.39 is 0 Å². The third-order valence-corrected chi connectivity index (χ3v) is 2.68. The molecule has 3 atom stereocenters. The molecule has 1 fully saturated rings. The summed E-state index contributed by atoms with van der Waals surface area (Å²) in [6.07, 6.45) is 2.40. The predicted molar refractivity (Wildman–Crippen MR) is 57.4 cm³/mol. The second kappa shape index (κ2) is 6.08. The quantitative estimate of drug-likeness (QED) is 0.697. The summed E-state index contributed by atoms with van der Waals surface area (Å²) in [5.74, 6) is -0.112. The maximum Gasteiger partial charge on any atom is 0.309 e. The van der Waals surface area contributed by atoms with Crippen LogP contribution in [0, 0.1) is 5.92 Å². The first kappa shape index (κ1) is 12.5. The fraction of sp³-hybridized carbons (Fsp3) is 0.909. The Labute approximate surface area is 91.1 Å². The predicted octanol–water partition coefficient (Wildman–Crippen LogP) is 1.08. The van der Waals surface area contributed by atoms with E-state index in [0.717, 1.165) is 19.3 Å². The number of hydrogen-bond acceptors (Lipinski definition) is 4. The molecular formula is C11H21NO3. The van der Waals surface area contributed by atoms with Crippen LogP contribution in [0.5, 0.6) is 0 Å². The molecule has 0 saturated heterocycles. The smallest absolute Gasteiger partial charge is 0.309 e. The van der Waals surface area contributed by atoms with Gasteiger partial charge in [-0.1, -0.05) is 0 Å². The summed E-state index contributed by atoms with van der Waals surface area (Å²) in [6.45, 7) is 4.89. The molecule has 0 aromatic carbocycles. The summed E-state index contributed by atoms with van der Waals surface area (Å²) in [6, 6.07) is 0.171. The Hall–Kier alpha value is -0.610. The van der Waals surface area contributed by atoms with E-state index >= 15 is 0 Å². The van der Waals surface area contributed by atoms with Gasteiger partial charge in [0.2, 0.25) is 0 Å². The van der Waals surface area contributed by atoms with Crippen LogP contribution in [0.1, 0.15) is 33.1 Å². The number of carbonyl (C=O) groups excluding carboxylic acids is 1. The van der Waals surface area contributed by atoms with E-state index in [4.69, 9.17) is 15.2 Å². The Morgan fingerprint density at radius 1 is 1.53 bits per heavy atom. The Bertz CT molecular complexity index is 208. The van der Waals surface area contributed by atoms with Gasteiger partial charge in [0.1, 0.15) is 6.10 Å². The van der Waals surface area contributed by atoms with Crippen LogP contribution in [-0.2, 0) is 14.3 Å². The van der Waals surface area contributed by atoms with E-state index in [1.165, 1.54) is 0 Å². The summed E-state index contributed by atoms with van der Waals surface area (Å²) < 4.78 is 10.4. The van der Waals surface area contributed by atoms with Gasteiger partial charge in [-0.05, 0) is 33.1 Å². The van der Waals surface area contributed by atoms with Crippen molar-refractivity contribution in [3.8, 4) is 0 Å². The van der Waals surface area contributed by atoms with Crippen LogP contribution in [0.4, 0.5) is 0 Å². The minimum Gasteiger partial charge on any atom is -0.460 e. The first-order chi connectivity index (χ1) is 7.13. The van der Waals surface area contributed by atoms with Crippen LogP contribution in [0.25, 0.3) is 0 Å². The van der Waals surface area contributed by atoms with Crippen LogP contribution in [0.2, 0.25) is 0 Å². The second-order valence-electron chi connectivity index (χ2n) is 4.18. The minimum absolute atomic E-state index is 0.00377. The van der Waals surface area contributed by atoms with Crippen LogP contribution in [-0.4, -0.2) is 31.3 Å². The summed E-state index contributed by atoms with van der Waals surface area (Å²) in [4.78, 5) is 11.6. The zero-order valence-electron chi connectivity index (χ0n) is 9.57. The van der Waals surface area contributed by atoms with Gasteiger partial charge in [0.25, 0.3) is 0 Å². The van der Waals surface area contributed by atoms with Gasteiger partial charge < -0.3 is 15.2 Å². The molecule has 1 saturated carbocycles. The molecule has 0 aromatic rings. The molecule has 1 aliphatic rings. The highest BCUT2D eigenvalue weighted by molar-refractivity contribution is 5.73. The Morgan fingerprint density at radius 3 is 2.80 bits per heavy atom. The van der Waals surface area contributed by atoms with E-state index in [0.29, 0.717) is 13.2 Å². The number of esters is 1. The third kappa shape index (κ3) is 4.18. The molecule has 15 heavy (non-hydrogen) atoms. The van der Waals surface area contributed by atoms with E-state index in [9.17, 15) is 4.79 Å². The van der Waals surface area contributed by atoms with Gasteiger partial charge in [0.05, 0.1) is 12.5 Å². The lowest BCUT2D eigenvalue weighted by molar-refractivity contribution is -0.155. The van der Waals surface area contributed by atoms with Crippen molar-refractivity contribution >= 4 is 5.97 Å². The van der Waals surface area contributed by atoms with Crippen molar-refractivity contribution in [2.24, 2.45) is 11.7 Å². The van der Waals surface area contributed by atoms with E-state index in [1.807, 2.05) is 13.8 Å². The number of hydrogen-bond donors (Lipinski definition) is 1. The lowest BCUT2D eigenvalue weighted by Crippen LogP contribution is -2.25. The van der Waals surface area contributed by atoms with E-state index in [1.54, 1.807) is 0 Å². The highest BCUT2D eigenvalue weighted by Gasteiger charge is 2.29. The summed E-state index contributed by atoms with van der Waals surface area (Å²) in [5.41, 5.74) is 5.74. The molecule has 2 N–H and O–H groups in total. The van der Waals surface area contributed by atoms with Crippen molar-refractivity contribution in [2.45, 2.75) is 45.3 Å². The zero-order valence-corrected chi connectivity index (χ0v) is 9.57. The molecule has 4 nitrogen and oxygen atoms in total. The molecule has 0 aliphatic heterocycles.